The molecule has 0 saturated heterocycles. The van der Waals surface area contributed by atoms with Gasteiger partial charge in [0.15, 0.2) is 5.76 Å². The monoisotopic (exact) mass is 371 g/mol. The molecular weight excluding hydrogens is 354 g/mol. The van der Waals surface area contributed by atoms with Crippen LogP contribution in [0.5, 0.6) is 0 Å². The minimum absolute atomic E-state index is 0.146. The van der Waals surface area contributed by atoms with E-state index in [1.807, 2.05) is 0 Å². The number of nitrogens with one attached hydrogen (secondary N) is 3. The first-order valence-corrected chi connectivity index (χ1v) is 8.15. The third-order valence-corrected chi connectivity index (χ3v) is 3.88. The van der Waals surface area contributed by atoms with Gasteiger partial charge >= 0.3 is 5.69 Å². The van der Waals surface area contributed by atoms with Crippen molar-refractivity contribution in [3.05, 3.63) is 73.0 Å². The Bertz CT molecular complexity index is 1120. The summed E-state index contributed by atoms with van der Waals surface area (Å²) in [5, 5.41) is 6.82. The molecule has 27 heavy (non-hydrogen) atoms. The molecule has 0 aromatic carbocycles. The number of hydrogen-bond acceptors (Lipinski definition) is 6. The van der Waals surface area contributed by atoms with Gasteiger partial charge in [-0.3, -0.25) is 19.4 Å². The smallest absolute Gasteiger partial charge is 0.325 e. The summed E-state index contributed by atoms with van der Waals surface area (Å²) in [5.41, 5.74) is -0.516. The van der Waals surface area contributed by atoms with Crippen LogP contribution in [0.3, 0.4) is 0 Å². The van der Waals surface area contributed by atoms with E-state index in [-0.39, 0.29) is 30.6 Å². The zero-order valence-electron chi connectivity index (χ0n) is 14.4. The third kappa shape index (κ3) is 4.29. The van der Waals surface area contributed by atoms with E-state index in [0.717, 1.165) is 0 Å². The molecule has 0 aliphatic carbocycles. The summed E-state index contributed by atoms with van der Waals surface area (Å²) >= 11 is 0. The number of rotatable bonds is 6. The van der Waals surface area contributed by atoms with Crippen molar-refractivity contribution in [2.75, 3.05) is 6.54 Å². The molecule has 3 N–H and O–H groups in total. The number of amides is 1. The average molecular weight is 371 g/mol. The molecule has 3 aromatic heterocycles. The maximum absolute atomic E-state index is 12.1. The van der Waals surface area contributed by atoms with Gasteiger partial charge in [0.2, 0.25) is 5.91 Å². The Morgan fingerprint density at radius 3 is 2.74 bits per heavy atom. The van der Waals surface area contributed by atoms with Gasteiger partial charge in [-0.1, -0.05) is 0 Å². The van der Waals surface area contributed by atoms with Crippen LogP contribution in [-0.2, 0) is 17.8 Å². The van der Waals surface area contributed by atoms with Crippen molar-refractivity contribution in [3.8, 4) is 11.5 Å². The van der Waals surface area contributed by atoms with Crippen LogP contribution in [0.25, 0.3) is 11.5 Å². The fourth-order valence-corrected chi connectivity index (χ4v) is 2.53. The highest BCUT2D eigenvalue weighted by Gasteiger charge is 2.11. The van der Waals surface area contributed by atoms with Gasteiger partial charge in [-0.05, 0) is 25.1 Å². The second kappa shape index (κ2) is 7.68. The summed E-state index contributed by atoms with van der Waals surface area (Å²) in [6.07, 6.45) is 1.32. The number of carbonyl (C=O) groups excluding carboxylic acids is 1. The Morgan fingerprint density at radius 2 is 2.04 bits per heavy atom. The Morgan fingerprint density at radius 1 is 1.22 bits per heavy atom. The van der Waals surface area contributed by atoms with Crippen LogP contribution in [-0.4, -0.2) is 32.2 Å². The van der Waals surface area contributed by atoms with Gasteiger partial charge in [0.05, 0.1) is 19.2 Å². The molecule has 0 atom stereocenters. The second-order valence-corrected chi connectivity index (χ2v) is 5.80. The zero-order chi connectivity index (χ0) is 19.4. The number of nitrogens with zero attached hydrogens (tertiary/aromatic N) is 2. The quantitative estimate of drug-likeness (QED) is 0.535. The normalized spacial score (nSPS) is 10.7. The molecule has 0 bridgehead atoms. The van der Waals surface area contributed by atoms with Crippen molar-refractivity contribution >= 4 is 5.91 Å². The van der Waals surface area contributed by atoms with Crippen LogP contribution < -0.4 is 22.1 Å². The minimum atomic E-state index is -0.622. The average Bonchev–Trinajstić information content (AvgIpc) is 3.14. The van der Waals surface area contributed by atoms with Crippen molar-refractivity contribution in [1.29, 1.82) is 0 Å². The summed E-state index contributed by atoms with van der Waals surface area (Å²) < 4.78 is 6.47. The summed E-state index contributed by atoms with van der Waals surface area (Å²) in [6.45, 7) is 1.84. The summed E-state index contributed by atoms with van der Waals surface area (Å²) in [5.74, 6) is 0.117. The molecule has 140 valence electrons. The minimum Gasteiger partial charge on any atom is -0.463 e. The van der Waals surface area contributed by atoms with Gasteiger partial charge in [0, 0.05) is 23.9 Å². The van der Waals surface area contributed by atoms with Gasteiger partial charge in [0.25, 0.3) is 11.1 Å². The summed E-state index contributed by atoms with van der Waals surface area (Å²) in [4.78, 5) is 51.4. The Labute approximate surface area is 151 Å². The molecule has 1 amide bonds. The van der Waals surface area contributed by atoms with Crippen LogP contribution in [0.1, 0.15) is 11.3 Å². The first kappa shape index (κ1) is 18.1. The first-order chi connectivity index (χ1) is 12.9. The van der Waals surface area contributed by atoms with Crippen molar-refractivity contribution in [1.82, 2.24) is 25.1 Å². The number of aromatic amines is 2. The van der Waals surface area contributed by atoms with Crippen LogP contribution in [0, 0.1) is 6.92 Å². The third-order valence-electron chi connectivity index (χ3n) is 3.88. The van der Waals surface area contributed by atoms with E-state index in [4.69, 9.17) is 4.42 Å². The van der Waals surface area contributed by atoms with E-state index < -0.39 is 17.2 Å². The highest BCUT2D eigenvalue weighted by molar-refractivity contribution is 5.78. The lowest BCUT2D eigenvalue weighted by atomic mass is 10.1. The molecule has 0 saturated carbocycles. The number of aromatic nitrogens is 4. The molecule has 3 aromatic rings. The highest BCUT2D eigenvalue weighted by atomic mass is 16.3. The number of H-pyrrole nitrogens is 2. The number of furan rings is 1. The molecular formula is C17H17N5O5. The van der Waals surface area contributed by atoms with Gasteiger partial charge < -0.3 is 14.7 Å². The first-order valence-electron chi connectivity index (χ1n) is 8.15. The standard InChI is InChI=1S/C17H17N5O5/c1-10-11(16(25)20-17(26)19-10)9-14(23)18-6-7-22-15(24)5-4-12(21-22)13-3-2-8-27-13/h2-5,8H,6-7,9H2,1H3,(H,18,23)(H2,19,20,25,26). The predicted octanol–water partition coefficient (Wildman–Crippen LogP) is -0.453. The number of carbonyl (C=O) groups is 1. The summed E-state index contributed by atoms with van der Waals surface area (Å²) in [7, 11) is 0. The Kier molecular flexibility index (Phi) is 5.15. The van der Waals surface area contributed by atoms with Crippen molar-refractivity contribution < 1.29 is 9.21 Å². The van der Waals surface area contributed by atoms with E-state index in [9.17, 15) is 19.2 Å². The van der Waals surface area contributed by atoms with Gasteiger partial charge in [0.1, 0.15) is 5.69 Å². The van der Waals surface area contributed by atoms with E-state index in [0.29, 0.717) is 17.1 Å². The van der Waals surface area contributed by atoms with Gasteiger partial charge in [-0.2, -0.15) is 5.10 Å². The van der Waals surface area contributed by atoms with Gasteiger partial charge in [-0.15, -0.1) is 0 Å². The predicted molar refractivity (Wildman–Crippen MR) is 95.3 cm³/mol. The molecule has 0 unspecified atom stereocenters. The lowest BCUT2D eigenvalue weighted by Gasteiger charge is -2.08. The molecule has 0 aliphatic heterocycles. The van der Waals surface area contributed by atoms with Crippen molar-refractivity contribution in [3.63, 3.8) is 0 Å². The highest BCUT2D eigenvalue weighted by Crippen LogP contribution is 2.14. The van der Waals surface area contributed by atoms with Crippen molar-refractivity contribution in [2.24, 2.45) is 0 Å². The molecule has 0 radical (unpaired) electrons. The van der Waals surface area contributed by atoms with Crippen LogP contribution in [0.4, 0.5) is 0 Å². The van der Waals surface area contributed by atoms with E-state index in [1.54, 1.807) is 25.1 Å². The topological polar surface area (TPSA) is 143 Å². The van der Waals surface area contributed by atoms with Crippen molar-refractivity contribution in [2.45, 2.75) is 19.9 Å². The number of hydrogen-bond donors (Lipinski definition) is 3. The Balaban J connectivity index is 1.62. The van der Waals surface area contributed by atoms with Crippen LogP contribution in [0.15, 0.2) is 49.3 Å². The molecule has 10 heteroatoms. The molecule has 3 rings (SSSR count). The maximum atomic E-state index is 12.1. The molecule has 0 aliphatic rings. The van der Waals surface area contributed by atoms with Crippen LogP contribution in [0.2, 0.25) is 0 Å². The molecule has 0 spiro atoms. The fourth-order valence-electron chi connectivity index (χ4n) is 2.53. The maximum Gasteiger partial charge on any atom is 0.325 e. The van der Waals surface area contributed by atoms with E-state index >= 15 is 0 Å². The lowest BCUT2D eigenvalue weighted by molar-refractivity contribution is -0.120. The second-order valence-electron chi connectivity index (χ2n) is 5.80. The molecule has 10 nitrogen and oxygen atoms in total. The Hall–Kier alpha value is -3.69. The largest absolute Gasteiger partial charge is 0.463 e. The fraction of sp³-hybridized carbons (Fsp3) is 0.235. The molecule has 0 fully saturated rings. The summed E-state index contributed by atoms with van der Waals surface area (Å²) in [6, 6.07) is 6.37. The zero-order valence-corrected chi connectivity index (χ0v) is 14.4. The van der Waals surface area contributed by atoms with E-state index in [2.05, 4.69) is 20.4 Å². The lowest BCUT2D eigenvalue weighted by Crippen LogP contribution is -2.35. The number of aryl methyl sites for hydroxylation is 1. The van der Waals surface area contributed by atoms with E-state index in [1.165, 1.54) is 17.0 Å². The van der Waals surface area contributed by atoms with Gasteiger partial charge in [-0.25, -0.2) is 9.48 Å². The SMILES string of the molecule is Cc1[nH]c(=O)[nH]c(=O)c1CC(=O)NCCn1nc(-c2ccco2)ccc1=O. The molecule has 3 heterocycles. The van der Waals surface area contributed by atoms with Crippen LogP contribution >= 0.6 is 0 Å².